The largest absolute Gasteiger partial charge is 0.489 e. The van der Waals surface area contributed by atoms with Crippen molar-refractivity contribution < 1.29 is 19.4 Å². The summed E-state index contributed by atoms with van der Waals surface area (Å²) >= 11 is 3.74. The van der Waals surface area contributed by atoms with E-state index in [2.05, 4.69) is 45.5 Å². The molecule has 7 heteroatoms. The molecule has 4 aromatic carbocycles. The molecule has 192 valence electrons. The van der Waals surface area contributed by atoms with Crippen LogP contribution >= 0.6 is 15.9 Å². The number of nitriles is 1. The van der Waals surface area contributed by atoms with Crippen molar-refractivity contribution in [3.05, 3.63) is 118 Å². The fourth-order valence-electron chi connectivity index (χ4n) is 3.84. The van der Waals surface area contributed by atoms with Gasteiger partial charge in [0, 0.05) is 28.2 Å². The van der Waals surface area contributed by atoms with E-state index in [-0.39, 0.29) is 6.61 Å². The average Bonchev–Trinajstić information content (AvgIpc) is 2.95. The summed E-state index contributed by atoms with van der Waals surface area (Å²) in [6.45, 7) is 2.50. The summed E-state index contributed by atoms with van der Waals surface area (Å²) in [5, 5.41) is 21.4. The molecule has 2 N–H and O–H groups in total. The van der Waals surface area contributed by atoms with Crippen molar-refractivity contribution >= 4 is 21.9 Å². The second-order valence-electron chi connectivity index (χ2n) is 8.74. The predicted molar refractivity (Wildman–Crippen MR) is 150 cm³/mol. The highest BCUT2D eigenvalue weighted by atomic mass is 79.9. The number of carboxylic acids is 1. The summed E-state index contributed by atoms with van der Waals surface area (Å²) in [6, 6.07) is 30.4. The lowest BCUT2D eigenvalue weighted by Gasteiger charge is -2.16. The van der Waals surface area contributed by atoms with Crippen molar-refractivity contribution in [3.8, 4) is 28.7 Å². The predicted octanol–water partition coefficient (Wildman–Crippen LogP) is 6.71. The Balaban J connectivity index is 1.52. The van der Waals surface area contributed by atoms with Crippen molar-refractivity contribution in [2.45, 2.75) is 32.7 Å². The third-order valence-electron chi connectivity index (χ3n) is 6.02. The molecule has 0 amide bonds. The van der Waals surface area contributed by atoms with Crippen LogP contribution in [0.25, 0.3) is 11.1 Å². The number of rotatable bonds is 11. The number of hydrogen-bond donors (Lipinski definition) is 2. The third kappa shape index (κ3) is 7.00. The van der Waals surface area contributed by atoms with Gasteiger partial charge in [-0.1, -0.05) is 66.7 Å². The molecular formula is C31H27BrN2O4. The summed E-state index contributed by atoms with van der Waals surface area (Å²) in [5.41, 5.74) is 5.42. The Labute approximate surface area is 230 Å². The molecule has 0 aliphatic carbocycles. The number of carboxylic acid groups (broad SMARTS) is 1. The molecule has 6 nitrogen and oxygen atoms in total. The van der Waals surface area contributed by atoms with Gasteiger partial charge in [0.05, 0.1) is 11.6 Å². The SMILES string of the molecule is C[C@H](NCc1ccc(OCc2cccc(-c3ccccc3)c2Br)cc1OCc1cccc(C#N)c1)C(=O)O. The Morgan fingerprint density at radius 3 is 2.50 bits per heavy atom. The van der Waals surface area contributed by atoms with E-state index in [4.69, 9.17) is 9.47 Å². The van der Waals surface area contributed by atoms with Gasteiger partial charge in [-0.3, -0.25) is 4.79 Å². The Morgan fingerprint density at radius 1 is 0.947 bits per heavy atom. The molecular weight excluding hydrogens is 544 g/mol. The van der Waals surface area contributed by atoms with Gasteiger partial charge < -0.3 is 19.9 Å². The standard InChI is InChI=1S/C31H27BrN2O4/c1-21(31(35)36)34-18-25-13-14-27(16-29(25)38-19-23-8-5-7-22(15-23)17-33)37-20-26-11-6-12-28(30(26)32)24-9-3-2-4-10-24/h2-16,21,34H,18-20H2,1H3,(H,35,36)/t21-/m0/s1. The van der Waals surface area contributed by atoms with Gasteiger partial charge in [-0.15, -0.1) is 0 Å². The van der Waals surface area contributed by atoms with Crippen LogP contribution in [0.2, 0.25) is 0 Å². The molecule has 0 aromatic heterocycles. The van der Waals surface area contributed by atoms with E-state index in [1.54, 1.807) is 19.1 Å². The minimum absolute atomic E-state index is 0.255. The molecule has 1 atom stereocenters. The van der Waals surface area contributed by atoms with Gasteiger partial charge in [-0.05, 0) is 57.7 Å². The molecule has 0 aliphatic rings. The monoisotopic (exact) mass is 570 g/mol. The minimum Gasteiger partial charge on any atom is -0.489 e. The number of hydrogen-bond acceptors (Lipinski definition) is 5. The zero-order valence-corrected chi connectivity index (χ0v) is 22.4. The van der Waals surface area contributed by atoms with Crippen LogP contribution in [0.3, 0.4) is 0 Å². The maximum atomic E-state index is 11.2. The lowest BCUT2D eigenvalue weighted by atomic mass is 10.0. The lowest BCUT2D eigenvalue weighted by Crippen LogP contribution is -2.33. The molecule has 0 spiro atoms. The van der Waals surface area contributed by atoms with Gasteiger partial charge in [0.1, 0.15) is 30.8 Å². The second-order valence-corrected chi connectivity index (χ2v) is 9.54. The zero-order valence-electron chi connectivity index (χ0n) is 20.9. The van der Waals surface area contributed by atoms with Crippen LogP contribution in [0.5, 0.6) is 11.5 Å². The van der Waals surface area contributed by atoms with E-state index >= 15 is 0 Å². The molecule has 0 fully saturated rings. The molecule has 0 aliphatic heterocycles. The smallest absolute Gasteiger partial charge is 0.320 e. The van der Waals surface area contributed by atoms with Gasteiger partial charge in [0.15, 0.2) is 0 Å². The normalized spacial score (nSPS) is 11.4. The van der Waals surface area contributed by atoms with Crippen LogP contribution < -0.4 is 14.8 Å². The van der Waals surface area contributed by atoms with Gasteiger partial charge in [0.25, 0.3) is 0 Å². The molecule has 0 heterocycles. The number of halogens is 1. The van der Waals surface area contributed by atoms with Crippen LogP contribution in [0.15, 0.2) is 95.5 Å². The summed E-state index contributed by atoms with van der Waals surface area (Å²) in [5.74, 6) is 0.272. The average molecular weight is 571 g/mol. The van der Waals surface area contributed by atoms with E-state index in [0.29, 0.717) is 30.2 Å². The quantitative estimate of drug-likeness (QED) is 0.208. The topological polar surface area (TPSA) is 91.6 Å². The third-order valence-corrected chi connectivity index (χ3v) is 6.95. The fraction of sp³-hybridized carbons (Fsp3) is 0.161. The molecule has 4 rings (SSSR count). The van der Waals surface area contributed by atoms with Gasteiger partial charge in [-0.2, -0.15) is 5.26 Å². The number of benzene rings is 4. The van der Waals surface area contributed by atoms with Gasteiger partial charge in [-0.25, -0.2) is 0 Å². The molecule has 0 bridgehead atoms. The number of nitrogens with one attached hydrogen (secondary N) is 1. The Kier molecular flexibility index (Phi) is 9.15. The number of ether oxygens (including phenoxy) is 2. The molecule has 0 unspecified atom stereocenters. The first-order chi connectivity index (χ1) is 18.4. The van der Waals surface area contributed by atoms with Crippen molar-refractivity contribution in [2.75, 3.05) is 0 Å². The van der Waals surface area contributed by atoms with Crippen molar-refractivity contribution in [1.82, 2.24) is 5.32 Å². The first-order valence-corrected chi connectivity index (χ1v) is 12.9. The number of carbonyl (C=O) groups is 1. The summed E-state index contributed by atoms with van der Waals surface area (Å²) < 4.78 is 13.2. The zero-order chi connectivity index (χ0) is 26.9. The van der Waals surface area contributed by atoms with Gasteiger partial charge >= 0.3 is 5.97 Å². The van der Waals surface area contributed by atoms with Crippen molar-refractivity contribution in [3.63, 3.8) is 0 Å². The van der Waals surface area contributed by atoms with Crippen LogP contribution in [0, 0.1) is 11.3 Å². The highest BCUT2D eigenvalue weighted by Gasteiger charge is 2.14. The van der Waals surface area contributed by atoms with E-state index in [0.717, 1.165) is 32.3 Å². The number of aliphatic carboxylic acids is 1. The second kappa shape index (κ2) is 12.9. The summed E-state index contributed by atoms with van der Waals surface area (Å²) in [6.07, 6.45) is 0. The van der Waals surface area contributed by atoms with Crippen LogP contribution in [0.4, 0.5) is 0 Å². The molecule has 0 saturated heterocycles. The maximum absolute atomic E-state index is 11.2. The number of nitrogens with zero attached hydrogens (tertiary/aromatic N) is 1. The van der Waals surface area contributed by atoms with Crippen molar-refractivity contribution in [1.29, 1.82) is 5.26 Å². The van der Waals surface area contributed by atoms with E-state index in [1.807, 2.05) is 60.7 Å². The maximum Gasteiger partial charge on any atom is 0.320 e. The summed E-state index contributed by atoms with van der Waals surface area (Å²) in [7, 11) is 0. The lowest BCUT2D eigenvalue weighted by molar-refractivity contribution is -0.139. The highest BCUT2D eigenvalue weighted by Crippen LogP contribution is 2.32. The Hall–Kier alpha value is -4.12. The Morgan fingerprint density at radius 2 is 1.74 bits per heavy atom. The van der Waals surface area contributed by atoms with Crippen LogP contribution in [-0.2, 0) is 24.6 Å². The van der Waals surface area contributed by atoms with Crippen LogP contribution in [0.1, 0.15) is 29.2 Å². The van der Waals surface area contributed by atoms with E-state index in [9.17, 15) is 15.2 Å². The van der Waals surface area contributed by atoms with Gasteiger partial charge in [0.2, 0.25) is 0 Å². The first kappa shape index (κ1) is 26.9. The fourth-order valence-corrected chi connectivity index (χ4v) is 4.45. The molecule has 0 saturated carbocycles. The summed E-state index contributed by atoms with van der Waals surface area (Å²) in [4.78, 5) is 11.2. The molecule has 0 radical (unpaired) electrons. The van der Waals surface area contributed by atoms with Crippen molar-refractivity contribution in [2.24, 2.45) is 0 Å². The van der Waals surface area contributed by atoms with E-state index < -0.39 is 12.0 Å². The first-order valence-electron chi connectivity index (χ1n) is 12.1. The minimum atomic E-state index is -0.927. The highest BCUT2D eigenvalue weighted by molar-refractivity contribution is 9.10. The van der Waals surface area contributed by atoms with Crippen LogP contribution in [-0.4, -0.2) is 17.1 Å². The molecule has 4 aromatic rings. The Bertz CT molecular complexity index is 1450. The van der Waals surface area contributed by atoms with E-state index in [1.165, 1.54) is 0 Å². The molecule has 38 heavy (non-hydrogen) atoms.